The fraction of sp³-hybridized carbons (Fsp3) is 0.356. The van der Waals surface area contributed by atoms with Crippen molar-refractivity contribution >= 4 is 64.4 Å². The molecule has 8 unspecified atom stereocenters. The van der Waals surface area contributed by atoms with Gasteiger partial charge in [0.05, 0.1) is 56.6 Å². The van der Waals surface area contributed by atoms with Gasteiger partial charge in [-0.2, -0.15) is 0 Å². The van der Waals surface area contributed by atoms with Gasteiger partial charge in [0.1, 0.15) is 11.8 Å². The molecule has 0 aliphatic carbocycles. The lowest BCUT2D eigenvalue weighted by atomic mass is 9.91. The summed E-state index contributed by atoms with van der Waals surface area (Å²) in [7, 11) is 1.21. The molecule has 8 atom stereocenters. The third-order valence-electron chi connectivity index (χ3n) is 10.7. The van der Waals surface area contributed by atoms with Gasteiger partial charge in [-0.05, 0) is 17.7 Å². The molecule has 1 aromatic heterocycles. The van der Waals surface area contributed by atoms with Crippen LogP contribution in [0.25, 0.3) is 23.1 Å². The summed E-state index contributed by atoms with van der Waals surface area (Å²) >= 11 is 0. The largest absolute Gasteiger partial charge is 0.391 e. The van der Waals surface area contributed by atoms with Crippen LogP contribution in [0, 0.1) is 5.92 Å². The maximum Gasteiger partial charge on any atom is 0.268 e. The quantitative estimate of drug-likeness (QED) is 0.0881. The molecule has 2 saturated heterocycles. The molecular weight excluding hydrogens is 845 g/mol. The Hall–Kier alpha value is -6.97. The van der Waals surface area contributed by atoms with Gasteiger partial charge in [-0.3, -0.25) is 33.6 Å². The molecule has 2 fully saturated rings. The third kappa shape index (κ3) is 13.8. The molecule has 3 heterocycles. The van der Waals surface area contributed by atoms with Crippen LogP contribution in [0.5, 0.6) is 0 Å². The number of hydrogen-bond donors (Lipinski definition) is 12. The summed E-state index contributed by atoms with van der Waals surface area (Å²) in [5.74, 6) is -7.50. The Balaban J connectivity index is 1.36. The molecule has 5 rings (SSSR count). The van der Waals surface area contributed by atoms with Gasteiger partial charge in [-0.15, -0.1) is 0 Å². The number of hydrogen-bond acceptors (Lipinski definition) is 12. The number of allylic oxidation sites excluding steroid dienone is 4. The van der Waals surface area contributed by atoms with Crippen LogP contribution < -0.4 is 31.9 Å². The summed E-state index contributed by atoms with van der Waals surface area (Å²) in [4.78, 5) is 96.4. The molecule has 346 valence electrons. The molecule has 20 heteroatoms. The number of aliphatic hydroxyl groups excluding tert-OH is 4. The number of H-pyrrole nitrogens is 1. The SMILES string of the molecule is CC(/C=C/C=C/C=C/c1ccccc1)C(O)C(O)C1NC(=O)CC(O)CNC(=O)CNC(=O)/C(=C/c2c[nH]c3ccccc23)NC(=O)CN(C)C(=O)CC2(O)NC(=O)CC2NC(=O)C1O. The van der Waals surface area contributed by atoms with E-state index in [0.29, 0.717) is 10.9 Å². The molecule has 0 saturated carbocycles. The fourth-order valence-electron chi connectivity index (χ4n) is 7.05. The van der Waals surface area contributed by atoms with E-state index in [0.717, 1.165) is 16.0 Å². The van der Waals surface area contributed by atoms with Crippen molar-refractivity contribution in [2.45, 2.75) is 68.4 Å². The molecule has 7 amide bonds. The monoisotopic (exact) mass is 898 g/mol. The standard InChI is InChI=1S/C45H54N8O12/c1-26(12-6-3-4-7-13-27-14-8-5-9-15-27)40(60)41(61)39-42(62)44(64)50-33-20-35(56)52-45(33,65)21-38(59)53(2)25-37(58)49-32(18-28-22-46-31-17-11-10-16-30(28)31)43(63)48-24-36(57)47-23-29(54)19-34(55)51-39/h3-18,22,26,29,33,39-42,46,54,60-62,65H,19-21,23-25H2,1-2H3,(H,47,57)(H,48,63)(H,49,58)(H,50,64)(H,51,55)(H,52,56)/b4-3+,12-6+,13-7+,32-18-. The van der Waals surface area contributed by atoms with Crippen LogP contribution in [-0.2, 0) is 33.6 Å². The lowest BCUT2D eigenvalue weighted by Crippen LogP contribution is -2.63. The van der Waals surface area contributed by atoms with Gasteiger partial charge in [-0.1, -0.05) is 91.9 Å². The van der Waals surface area contributed by atoms with Crippen LogP contribution in [0.1, 0.15) is 37.3 Å². The first kappa shape index (κ1) is 49.1. The highest BCUT2D eigenvalue weighted by atomic mass is 16.3. The molecule has 2 aliphatic heterocycles. The zero-order chi connectivity index (χ0) is 47.3. The lowest BCUT2D eigenvalue weighted by molar-refractivity contribution is -0.145. The average Bonchev–Trinajstić information content (AvgIpc) is 3.81. The smallest absolute Gasteiger partial charge is 0.268 e. The minimum atomic E-state index is -2.46. The number of carbonyl (C=O) groups is 7. The van der Waals surface area contributed by atoms with E-state index in [1.54, 1.807) is 54.8 Å². The second-order valence-electron chi connectivity index (χ2n) is 15.8. The number of β-amino-alcohol motifs (C(OH)–C–C–N with tert-alkyl or cyclic N) is 1. The molecule has 2 aromatic carbocycles. The van der Waals surface area contributed by atoms with Gasteiger partial charge in [0, 0.05) is 42.2 Å². The van der Waals surface area contributed by atoms with Crippen LogP contribution in [0.3, 0.4) is 0 Å². The number of rotatable bonds is 8. The topological polar surface area (TPSA) is 312 Å². The van der Waals surface area contributed by atoms with Gasteiger partial charge < -0.3 is 67.3 Å². The summed E-state index contributed by atoms with van der Waals surface area (Å²) in [5, 5.41) is 70.7. The minimum absolute atomic E-state index is 0.317. The van der Waals surface area contributed by atoms with Crippen molar-refractivity contribution in [2.24, 2.45) is 5.92 Å². The van der Waals surface area contributed by atoms with Crippen molar-refractivity contribution in [3.8, 4) is 0 Å². The number of aromatic nitrogens is 1. The molecule has 65 heavy (non-hydrogen) atoms. The van der Waals surface area contributed by atoms with E-state index >= 15 is 0 Å². The first-order valence-corrected chi connectivity index (χ1v) is 20.7. The van der Waals surface area contributed by atoms with Crippen molar-refractivity contribution in [2.75, 3.05) is 26.7 Å². The van der Waals surface area contributed by atoms with Crippen LogP contribution >= 0.6 is 0 Å². The highest BCUT2D eigenvalue weighted by Gasteiger charge is 2.49. The highest BCUT2D eigenvalue weighted by Crippen LogP contribution is 2.24. The Labute approximate surface area is 373 Å². The number of aliphatic hydroxyl groups is 5. The van der Waals surface area contributed by atoms with Gasteiger partial charge in [0.25, 0.3) is 11.8 Å². The van der Waals surface area contributed by atoms with Gasteiger partial charge in [-0.25, -0.2) is 0 Å². The van der Waals surface area contributed by atoms with Crippen molar-refractivity contribution in [3.05, 3.63) is 108 Å². The Kier molecular flexibility index (Phi) is 17.0. The number of nitrogens with zero attached hydrogens (tertiary/aromatic N) is 1. The van der Waals surface area contributed by atoms with Gasteiger partial charge in [0.2, 0.25) is 29.5 Å². The van der Waals surface area contributed by atoms with E-state index in [-0.39, 0.29) is 5.70 Å². The summed E-state index contributed by atoms with van der Waals surface area (Å²) in [6.45, 7) is -0.323. The molecule has 2 aliphatic rings. The van der Waals surface area contributed by atoms with E-state index in [1.807, 2.05) is 36.4 Å². The molecule has 0 spiro atoms. The molecule has 3 aromatic rings. The molecule has 0 bridgehead atoms. The summed E-state index contributed by atoms with van der Waals surface area (Å²) < 4.78 is 0. The van der Waals surface area contributed by atoms with Crippen molar-refractivity contribution in [1.29, 1.82) is 0 Å². The van der Waals surface area contributed by atoms with Crippen LogP contribution in [0.15, 0.2) is 96.9 Å². The molecular formula is C45H54N8O12. The maximum atomic E-state index is 13.6. The number of benzene rings is 2. The third-order valence-corrected chi connectivity index (χ3v) is 10.7. The average molecular weight is 899 g/mol. The summed E-state index contributed by atoms with van der Waals surface area (Å²) in [6.07, 6.45) is 3.15. The number of likely N-dealkylation sites (N-methyl/N-ethyl adjacent to an activating group) is 1. The predicted octanol–water partition coefficient (Wildman–Crippen LogP) is -1.81. The first-order valence-electron chi connectivity index (χ1n) is 20.7. The Morgan fingerprint density at radius 1 is 0.815 bits per heavy atom. The van der Waals surface area contributed by atoms with Crippen molar-refractivity contribution < 1.29 is 59.1 Å². The Morgan fingerprint density at radius 2 is 1.52 bits per heavy atom. The number of aromatic amines is 1. The van der Waals surface area contributed by atoms with Gasteiger partial charge in [0.15, 0.2) is 11.8 Å². The first-order chi connectivity index (χ1) is 30.9. The van der Waals surface area contributed by atoms with Crippen molar-refractivity contribution in [3.63, 3.8) is 0 Å². The molecule has 12 N–H and O–H groups in total. The number of amides is 7. The molecule has 0 radical (unpaired) electrons. The number of carbonyl (C=O) groups excluding carboxylic acids is 7. The minimum Gasteiger partial charge on any atom is -0.391 e. The van der Waals surface area contributed by atoms with Crippen LogP contribution in [0.4, 0.5) is 0 Å². The second-order valence-corrected chi connectivity index (χ2v) is 15.8. The van der Waals surface area contributed by atoms with Crippen LogP contribution in [0.2, 0.25) is 0 Å². The van der Waals surface area contributed by atoms with E-state index in [4.69, 9.17) is 0 Å². The normalized spacial score (nSPS) is 26.0. The van der Waals surface area contributed by atoms with E-state index in [9.17, 15) is 59.1 Å². The summed E-state index contributed by atoms with van der Waals surface area (Å²) in [5.41, 5.74) is -0.602. The zero-order valence-corrected chi connectivity index (χ0v) is 35.6. The number of para-hydroxylation sites is 1. The van der Waals surface area contributed by atoms with Crippen molar-refractivity contribution in [1.82, 2.24) is 41.8 Å². The molecule has 20 nitrogen and oxygen atoms in total. The number of nitrogens with one attached hydrogen (secondary N) is 7. The summed E-state index contributed by atoms with van der Waals surface area (Å²) in [6, 6.07) is 13.1. The Morgan fingerprint density at radius 3 is 2.28 bits per heavy atom. The van der Waals surface area contributed by atoms with E-state index in [2.05, 4.69) is 36.9 Å². The number of fused-ring (bicyclic) bond motifs is 2. The van der Waals surface area contributed by atoms with E-state index < -0.39 is 128 Å². The highest BCUT2D eigenvalue weighted by molar-refractivity contribution is 6.05. The van der Waals surface area contributed by atoms with Crippen LogP contribution in [-0.4, -0.2) is 146 Å². The lowest BCUT2D eigenvalue weighted by Gasteiger charge is -2.34. The second kappa shape index (κ2) is 22.6. The zero-order valence-electron chi connectivity index (χ0n) is 35.6. The van der Waals surface area contributed by atoms with Gasteiger partial charge >= 0.3 is 0 Å². The maximum absolute atomic E-state index is 13.6. The Bertz CT molecular complexity index is 2350. The fourth-order valence-corrected chi connectivity index (χ4v) is 7.05. The van der Waals surface area contributed by atoms with E-state index in [1.165, 1.54) is 26.1 Å². The predicted molar refractivity (Wildman–Crippen MR) is 236 cm³/mol.